The van der Waals surface area contributed by atoms with E-state index < -0.39 is 0 Å². The lowest BCUT2D eigenvalue weighted by Gasteiger charge is -2.32. The molecule has 0 N–H and O–H groups in total. The molecule has 0 aliphatic carbocycles. The van der Waals surface area contributed by atoms with Gasteiger partial charge in [0, 0.05) is 5.33 Å². The molecule has 1 aromatic carbocycles. The molecule has 2 rings (SSSR count). The van der Waals surface area contributed by atoms with E-state index in [1.807, 2.05) is 0 Å². The Morgan fingerprint density at radius 2 is 1.74 bits per heavy atom. The summed E-state index contributed by atoms with van der Waals surface area (Å²) < 4.78 is 12.2. The summed E-state index contributed by atoms with van der Waals surface area (Å²) in [5.41, 5.74) is 1.91. The molecule has 1 aliphatic rings. The summed E-state index contributed by atoms with van der Waals surface area (Å²) in [6.07, 6.45) is 2.23. The first-order valence-corrected chi connectivity index (χ1v) is 7.98. The minimum Gasteiger partial charge on any atom is -0.399 e. The summed E-state index contributed by atoms with van der Waals surface area (Å²) in [5, 5.41) is 1.04. The van der Waals surface area contributed by atoms with Crippen LogP contribution in [-0.4, -0.2) is 23.7 Å². The van der Waals surface area contributed by atoms with Crippen molar-refractivity contribution in [2.24, 2.45) is 0 Å². The molecule has 0 unspecified atom stereocenters. The van der Waals surface area contributed by atoms with Gasteiger partial charge in [0.2, 0.25) is 0 Å². The van der Waals surface area contributed by atoms with Gasteiger partial charge in [-0.05, 0) is 51.6 Å². The quantitative estimate of drug-likeness (QED) is 0.625. The van der Waals surface area contributed by atoms with Gasteiger partial charge in [-0.3, -0.25) is 0 Å². The highest BCUT2D eigenvalue weighted by Crippen LogP contribution is 2.36. The molecule has 1 saturated heterocycles. The zero-order valence-corrected chi connectivity index (χ0v) is 13.8. The summed E-state index contributed by atoms with van der Waals surface area (Å²) in [5.74, 6) is 0. The average molecular weight is 325 g/mol. The van der Waals surface area contributed by atoms with Gasteiger partial charge in [-0.1, -0.05) is 40.2 Å². The van der Waals surface area contributed by atoms with Crippen LogP contribution in [0.5, 0.6) is 0 Å². The molecule has 0 aromatic heterocycles. The molecule has 0 spiro atoms. The average Bonchev–Trinajstić information content (AvgIpc) is 2.56. The van der Waals surface area contributed by atoms with Crippen molar-refractivity contribution < 1.29 is 9.31 Å². The fourth-order valence-electron chi connectivity index (χ4n) is 2.15. The Morgan fingerprint density at radius 3 is 2.32 bits per heavy atom. The van der Waals surface area contributed by atoms with Gasteiger partial charge in [0.05, 0.1) is 11.2 Å². The molecule has 2 nitrogen and oxygen atoms in total. The maximum absolute atomic E-state index is 6.08. The van der Waals surface area contributed by atoms with Crippen LogP contribution < -0.4 is 5.46 Å². The van der Waals surface area contributed by atoms with Crippen LogP contribution in [0.3, 0.4) is 0 Å². The Morgan fingerprint density at radius 1 is 1.11 bits per heavy atom. The summed E-state index contributed by atoms with van der Waals surface area (Å²) >= 11 is 3.47. The fraction of sp³-hybridized carbons (Fsp3) is 0.600. The molecule has 0 bridgehead atoms. The van der Waals surface area contributed by atoms with E-state index >= 15 is 0 Å². The molecule has 104 valence electrons. The largest absolute Gasteiger partial charge is 0.494 e. The second-order valence-corrected chi connectivity index (χ2v) is 6.92. The molecule has 1 heterocycles. The van der Waals surface area contributed by atoms with Gasteiger partial charge >= 0.3 is 7.12 Å². The number of halogens is 1. The first-order chi connectivity index (χ1) is 8.86. The SMILES string of the molecule is CC1(C)OB(c2cccc(CCCBr)c2)OC1(C)C. The second-order valence-electron chi connectivity index (χ2n) is 6.13. The maximum Gasteiger partial charge on any atom is 0.494 e. The van der Waals surface area contributed by atoms with Crippen molar-refractivity contribution in [3.8, 4) is 0 Å². The molecule has 1 fully saturated rings. The smallest absolute Gasteiger partial charge is 0.399 e. The predicted octanol–water partition coefficient (Wildman–Crippen LogP) is 3.31. The van der Waals surface area contributed by atoms with Gasteiger partial charge in [0.1, 0.15) is 0 Å². The number of hydrogen-bond acceptors (Lipinski definition) is 2. The maximum atomic E-state index is 6.08. The van der Waals surface area contributed by atoms with E-state index in [0.29, 0.717) is 0 Å². The van der Waals surface area contributed by atoms with Crippen LogP contribution in [0.1, 0.15) is 39.7 Å². The highest BCUT2D eigenvalue weighted by atomic mass is 79.9. The van der Waals surface area contributed by atoms with Crippen LogP contribution in [0.4, 0.5) is 0 Å². The lowest BCUT2D eigenvalue weighted by atomic mass is 9.78. The zero-order chi connectivity index (χ0) is 14.1. The first kappa shape index (κ1) is 15.1. The molecule has 0 atom stereocenters. The monoisotopic (exact) mass is 324 g/mol. The summed E-state index contributed by atoms with van der Waals surface area (Å²) in [6.45, 7) is 8.34. The standard InChI is InChI=1S/C15H22BBrO2/c1-14(2)15(3,4)19-16(18-14)13-9-5-7-12(11-13)8-6-10-17/h5,7,9,11H,6,8,10H2,1-4H3. The van der Waals surface area contributed by atoms with Gasteiger partial charge in [0.15, 0.2) is 0 Å². The minimum atomic E-state index is -0.274. The van der Waals surface area contributed by atoms with Crippen molar-refractivity contribution in [1.29, 1.82) is 0 Å². The van der Waals surface area contributed by atoms with Crippen molar-refractivity contribution in [1.82, 2.24) is 0 Å². The van der Waals surface area contributed by atoms with E-state index in [-0.39, 0.29) is 18.3 Å². The van der Waals surface area contributed by atoms with Crippen LogP contribution >= 0.6 is 15.9 Å². The normalized spacial score (nSPS) is 20.8. The Balaban J connectivity index is 2.15. The van der Waals surface area contributed by atoms with Crippen LogP contribution in [0.15, 0.2) is 24.3 Å². The van der Waals surface area contributed by atoms with E-state index in [1.165, 1.54) is 5.56 Å². The van der Waals surface area contributed by atoms with Crippen molar-refractivity contribution in [2.75, 3.05) is 5.33 Å². The lowest BCUT2D eigenvalue weighted by molar-refractivity contribution is 0.00578. The van der Waals surface area contributed by atoms with Crippen LogP contribution in [0, 0.1) is 0 Å². The van der Waals surface area contributed by atoms with Gasteiger partial charge in [-0.25, -0.2) is 0 Å². The molecule has 0 amide bonds. The van der Waals surface area contributed by atoms with Gasteiger partial charge in [-0.15, -0.1) is 0 Å². The van der Waals surface area contributed by atoms with E-state index in [2.05, 4.69) is 67.9 Å². The van der Waals surface area contributed by atoms with Crippen molar-refractivity contribution in [3.05, 3.63) is 29.8 Å². The summed E-state index contributed by atoms with van der Waals surface area (Å²) in [4.78, 5) is 0. The molecular formula is C15H22BBrO2. The predicted molar refractivity (Wildman–Crippen MR) is 84.3 cm³/mol. The Hall–Kier alpha value is -0.315. The second kappa shape index (κ2) is 5.59. The number of hydrogen-bond donors (Lipinski definition) is 0. The van der Waals surface area contributed by atoms with Crippen molar-refractivity contribution >= 4 is 28.5 Å². The fourth-order valence-corrected chi connectivity index (χ4v) is 2.43. The van der Waals surface area contributed by atoms with E-state index in [9.17, 15) is 0 Å². The van der Waals surface area contributed by atoms with Crippen molar-refractivity contribution in [3.63, 3.8) is 0 Å². The Bertz CT molecular complexity index is 430. The molecule has 0 radical (unpaired) electrons. The molecular weight excluding hydrogens is 303 g/mol. The minimum absolute atomic E-state index is 0.256. The van der Waals surface area contributed by atoms with Gasteiger partial charge < -0.3 is 9.31 Å². The number of alkyl halides is 1. The third-order valence-corrected chi connectivity index (χ3v) is 4.64. The molecule has 1 aliphatic heterocycles. The summed E-state index contributed by atoms with van der Waals surface area (Å²) in [6, 6.07) is 8.53. The molecule has 4 heteroatoms. The highest BCUT2D eigenvalue weighted by molar-refractivity contribution is 9.09. The van der Waals surface area contributed by atoms with Gasteiger partial charge in [0.25, 0.3) is 0 Å². The Kier molecular flexibility index (Phi) is 4.43. The number of benzene rings is 1. The first-order valence-electron chi connectivity index (χ1n) is 6.86. The van der Waals surface area contributed by atoms with E-state index in [1.54, 1.807) is 0 Å². The van der Waals surface area contributed by atoms with E-state index in [4.69, 9.17) is 9.31 Å². The lowest BCUT2D eigenvalue weighted by Crippen LogP contribution is -2.41. The highest BCUT2D eigenvalue weighted by Gasteiger charge is 2.51. The van der Waals surface area contributed by atoms with E-state index in [0.717, 1.165) is 23.6 Å². The topological polar surface area (TPSA) is 18.5 Å². The zero-order valence-electron chi connectivity index (χ0n) is 12.2. The Labute approximate surface area is 125 Å². The van der Waals surface area contributed by atoms with Gasteiger partial charge in [-0.2, -0.15) is 0 Å². The van der Waals surface area contributed by atoms with Crippen LogP contribution in [0.2, 0.25) is 0 Å². The number of aryl methyl sites for hydroxylation is 1. The van der Waals surface area contributed by atoms with Crippen LogP contribution in [-0.2, 0) is 15.7 Å². The third-order valence-electron chi connectivity index (χ3n) is 4.08. The van der Waals surface area contributed by atoms with Crippen molar-refractivity contribution in [2.45, 2.75) is 51.7 Å². The van der Waals surface area contributed by atoms with Crippen LogP contribution in [0.25, 0.3) is 0 Å². The molecule has 1 aromatic rings. The summed E-state index contributed by atoms with van der Waals surface area (Å²) in [7, 11) is -0.256. The number of rotatable bonds is 4. The molecule has 19 heavy (non-hydrogen) atoms. The third kappa shape index (κ3) is 3.23. The molecule has 0 saturated carbocycles.